The van der Waals surface area contributed by atoms with Crippen molar-refractivity contribution in [3.8, 4) is 0 Å². The summed E-state index contributed by atoms with van der Waals surface area (Å²) in [7, 11) is 0. The van der Waals surface area contributed by atoms with Gasteiger partial charge in [0, 0.05) is 10.4 Å². The second kappa shape index (κ2) is 9.86. The Balaban J connectivity index is 1.11. The van der Waals surface area contributed by atoms with Crippen LogP contribution in [0.3, 0.4) is 0 Å². The lowest BCUT2D eigenvalue weighted by atomic mass is 9.53. The molecule has 1 heterocycles. The van der Waals surface area contributed by atoms with Crippen molar-refractivity contribution >= 4 is 29.5 Å². The van der Waals surface area contributed by atoms with Crippen molar-refractivity contribution in [2.45, 2.75) is 55.5 Å². The van der Waals surface area contributed by atoms with Crippen molar-refractivity contribution < 1.29 is 23.5 Å². The molecule has 2 aromatic rings. The highest BCUT2D eigenvalue weighted by Gasteiger charge is 2.51. The van der Waals surface area contributed by atoms with Crippen molar-refractivity contribution in [2.24, 2.45) is 17.8 Å². The van der Waals surface area contributed by atoms with Crippen molar-refractivity contribution in [1.29, 1.82) is 0 Å². The highest BCUT2D eigenvalue weighted by atomic mass is 32.2. The number of benzene rings is 1. The van der Waals surface area contributed by atoms with E-state index in [1.54, 1.807) is 30.3 Å². The van der Waals surface area contributed by atoms with Crippen LogP contribution in [0.15, 0.2) is 52.0 Å². The number of furan rings is 1. The Labute approximate surface area is 203 Å². The molecule has 0 unspecified atom stereocenters. The minimum Gasteiger partial charge on any atom is -0.467 e. The number of rotatable bonds is 9. The van der Waals surface area contributed by atoms with Gasteiger partial charge in [0.2, 0.25) is 5.91 Å². The largest absolute Gasteiger partial charge is 0.467 e. The first kappa shape index (κ1) is 23.0. The van der Waals surface area contributed by atoms with Gasteiger partial charge in [-0.25, -0.2) is 4.79 Å². The van der Waals surface area contributed by atoms with Gasteiger partial charge in [-0.3, -0.25) is 9.59 Å². The van der Waals surface area contributed by atoms with E-state index in [0.717, 1.165) is 37.0 Å². The van der Waals surface area contributed by atoms with Gasteiger partial charge in [-0.2, -0.15) is 0 Å². The number of hydrogen-bond donors (Lipinski definition) is 2. The Morgan fingerprint density at radius 2 is 1.68 bits per heavy atom. The van der Waals surface area contributed by atoms with Gasteiger partial charge < -0.3 is 19.8 Å². The second-order valence-corrected chi connectivity index (χ2v) is 11.0. The molecule has 0 radical (unpaired) electrons. The zero-order valence-corrected chi connectivity index (χ0v) is 19.9. The molecule has 2 N–H and O–H groups in total. The van der Waals surface area contributed by atoms with Crippen molar-refractivity contribution in [1.82, 2.24) is 10.6 Å². The predicted octanol–water partition coefficient (Wildman–Crippen LogP) is 3.93. The van der Waals surface area contributed by atoms with Crippen LogP contribution in [-0.4, -0.2) is 35.7 Å². The number of nitrogens with one attached hydrogen (secondary N) is 2. The number of amides is 2. The van der Waals surface area contributed by atoms with E-state index in [4.69, 9.17) is 9.15 Å². The molecule has 8 heteroatoms. The fourth-order valence-corrected chi connectivity index (χ4v) is 7.20. The molecule has 6 rings (SSSR count). The fourth-order valence-electron chi connectivity index (χ4n) is 6.36. The van der Waals surface area contributed by atoms with Gasteiger partial charge in [0.15, 0.2) is 6.61 Å². The van der Waals surface area contributed by atoms with Crippen LogP contribution in [0, 0.1) is 17.8 Å². The van der Waals surface area contributed by atoms with E-state index >= 15 is 0 Å². The van der Waals surface area contributed by atoms with Crippen LogP contribution in [0.4, 0.5) is 0 Å². The van der Waals surface area contributed by atoms with E-state index in [1.165, 1.54) is 37.3 Å². The molecule has 2 amide bonds. The zero-order valence-electron chi connectivity index (χ0n) is 19.1. The highest BCUT2D eigenvalue weighted by Crippen LogP contribution is 2.55. The van der Waals surface area contributed by atoms with Crippen LogP contribution >= 0.6 is 11.8 Å². The Bertz CT molecular complexity index is 1020. The zero-order chi connectivity index (χ0) is 23.5. The van der Waals surface area contributed by atoms with Gasteiger partial charge in [-0.05, 0) is 80.5 Å². The topological polar surface area (TPSA) is 97.6 Å². The summed E-state index contributed by atoms with van der Waals surface area (Å²) in [4.78, 5) is 38.1. The quantitative estimate of drug-likeness (QED) is 0.415. The first-order chi connectivity index (χ1) is 16.5. The van der Waals surface area contributed by atoms with Crippen LogP contribution in [0.2, 0.25) is 0 Å². The number of carbonyl (C=O) groups is 3. The summed E-state index contributed by atoms with van der Waals surface area (Å²) in [5, 5.41) is 6.01. The van der Waals surface area contributed by atoms with E-state index in [0.29, 0.717) is 16.2 Å². The van der Waals surface area contributed by atoms with Crippen LogP contribution in [-0.2, 0) is 20.9 Å². The summed E-state index contributed by atoms with van der Waals surface area (Å²) in [6.45, 7) is -0.153. The maximum absolute atomic E-state index is 12.9. The Kier molecular flexibility index (Phi) is 6.68. The average Bonchev–Trinajstić information content (AvgIpc) is 3.32. The maximum Gasteiger partial charge on any atom is 0.339 e. The van der Waals surface area contributed by atoms with Crippen molar-refractivity contribution in [3.63, 3.8) is 0 Å². The first-order valence-corrected chi connectivity index (χ1v) is 13.0. The summed E-state index contributed by atoms with van der Waals surface area (Å²) in [6, 6.07) is 10.5. The molecule has 34 heavy (non-hydrogen) atoms. The third-order valence-corrected chi connectivity index (χ3v) is 8.36. The number of ether oxygens (including phenoxy) is 1. The van der Waals surface area contributed by atoms with E-state index < -0.39 is 11.9 Å². The highest BCUT2D eigenvalue weighted by molar-refractivity contribution is 8.00. The van der Waals surface area contributed by atoms with E-state index in [-0.39, 0.29) is 30.4 Å². The number of hydrogen-bond acceptors (Lipinski definition) is 6. The Hall–Kier alpha value is -2.74. The third kappa shape index (κ3) is 5.32. The standard InChI is InChI=1S/C26H30N2O5S/c29-23(27-14-20-4-3-7-32-20)15-33-25(31)21-5-1-2-6-22(21)34-16-24(30)28-26-11-17-8-18(12-26)10-19(9-17)13-26/h1-7,17-19H,8-16H2,(H,27,29)(H,28,30). The number of carbonyl (C=O) groups excluding carboxylic acids is 3. The molecule has 0 atom stereocenters. The summed E-state index contributed by atoms with van der Waals surface area (Å²) < 4.78 is 10.4. The molecular weight excluding hydrogens is 452 g/mol. The lowest BCUT2D eigenvalue weighted by molar-refractivity contribution is -0.125. The van der Waals surface area contributed by atoms with Crippen LogP contribution < -0.4 is 10.6 Å². The summed E-state index contributed by atoms with van der Waals surface area (Å²) in [5.41, 5.74) is 0.336. The molecule has 0 saturated heterocycles. The van der Waals surface area contributed by atoms with E-state index in [2.05, 4.69) is 10.6 Å². The molecule has 0 spiro atoms. The second-order valence-electron chi connectivity index (χ2n) is 9.96. The van der Waals surface area contributed by atoms with Gasteiger partial charge in [-0.15, -0.1) is 11.8 Å². The lowest BCUT2D eigenvalue weighted by Crippen LogP contribution is -2.60. The summed E-state index contributed by atoms with van der Waals surface area (Å²) in [6.07, 6.45) is 8.86. The molecule has 4 saturated carbocycles. The van der Waals surface area contributed by atoms with Crippen molar-refractivity contribution in [3.05, 3.63) is 54.0 Å². The fraction of sp³-hybridized carbons (Fsp3) is 0.500. The number of esters is 1. The van der Waals surface area contributed by atoms with Gasteiger partial charge in [0.1, 0.15) is 5.76 Å². The molecular formula is C26H30N2O5S. The van der Waals surface area contributed by atoms with Crippen LogP contribution in [0.25, 0.3) is 0 Å². The predicted molar refractivity (Wildman–Crippen MR) is 127 cm³/mol. The van der Waals surface area contributed by atoms with Crippen molar-refractivity contribution in [2.75, 3.05) is 12.4 Å². The van der Waals surface area contributed by atoms with E-state index in [9.17, 15) is 14.4 Å². The maximum atomic E-state index is 12.9. The molecule has 180 valence electrons. The minimum atomic E-state index is -0.585. The van der Waals surface area contributed by atoms with Gasteiger partial charge in [0.25, 0.3) is 5.91 Å². The normalized spacial score (nSPS) is 26.8. The Morgan fingerprint density at radius 1 is 0.971 bits per heavy atom. The molecule has 1 aromatic heterocycles. The molecule has 4 aliphatic rings. The molecule has 0 aliphatic heterocycles. The molecule has 4 aliphatic carbocycles. The first-order valence-electron chi connectivity index (χ1n) is 12.0. The van der Waals surface area contributed by atoms with Crippen LogP contribution in [0.1, 0.15) is 54.6 Å². The molecule has 4 fully saturated rings. The average molecular weight is 483 g/mol. The Morgan fingerprint density at radius 3 is 2.35 bits per heavy atom. The lowest BCUT2D eigenvalue weighted by Gasteiger charge is -2.56. The minimum absolute atomic E-state index is 0.0200. The smallest absolute Gasteiger partial charge is 0.339 e. The van der Waals surface area contributed by atoms with Gasteiger partial charge in [0.05, 0.1) is 24.1 Å². The monoisotopic (exact) mass is 482 g/mol. The van der Waals surface area contributed by atoms with E-state index in [1.807, 2.05) is 6.07 Å². The third-order valence-electron chi connectivity index (χ3n) is 7.28. The summed E-state index contributed by atoms with van der Waals surface area (Å²) in [5.74, 6) is 2.20. The molecule has 7 nitrogen and oxygen atoms in total. The van der Waals surface area contributed by atoms with Gasteiger partial charge in [-0.1, -0.05) is 12.1 Å². The number of thioether (sulfide) groups is 1. The molecule has 1 aromatic carbocycles. The SMILES string of the molecule is O=C(COC(=O)c1ccccc1SCC(=O)NC12CC3CC(CC(C3)C1)C2)NCc1ccco1. The summed E-state index contributed by atoms with van der Waals surface area (Å²) >= 11 is 1.33. The molecule has 4 bridgehead atoms. The van der Waals surface area contributed by atoms with Crippen LogP contribution in [0.5, 0.6) is 0 Å². The van der Waals surface area contributed by atoms with Gasteiger partial charge >= 0.3 is 5.97 Å².